The molecule has 0 fully saturated rings. The van der Waals surface area contributed by atoms with E-state index in [1.165, 1.54) is 22.3 Å². The van der Waals surface area contributed by atoms with Crippen molar-refractivity contribution in [2.45, 2.75) is 25.0 Å². The third-order valence-electron chi connectivity index (χ3n) is 4.53. The molecule has 122 valence electrons. The molecule has 0 aromatic heterocycles. The maximum Gasteiger partial charge on any atom is 0.0791 e. The maximum atomic E-state index is 10.2. The van der Waals surface area contributed by atoms with Crippen LogP contribution >= 0.6 is 0 Å². The monoisotopic (exact) mass is 310 g/mol. The molecule has 2 aromatic carbocycles. The van der Waals surface area contributed by atoms with Gasteiger partial charge in [0.25, 0.3) is 0 Å². The van der Waals surface area contributed by atoms with E-state index in [9.17, 15) is 5.11 Å². The van der Waals surface area contributed by atoms with Crippen molar-refractivity contribution < 1.29 is 5.11 Å². The van der Waals surface area contributed by atoms with Gasteiger partial charge in [-0.25, -0.2) is 0 Å². The molecule has 1 aliphatic rings. The van der Waals surface area contributed by atoms with Gasteiger partial charge < -0.3 is 15.3 Å². The van der Waals surface area contributed by atoms with Gasteiger partial charge in [0.1, 0.15) is 0 Å². The first kappa shape index (κ1) is 16.2. The van der Waals surface area contributed by atoms with Gasteiger partial charge in [0.15, 0.2) is 0 Å². The van der Waals surface area contributed by atoms with Crippen LogP contribution in [0.15, 0.2) is 48.5 Å². The standard InChI is InChI=1S/C20H26N2O/c1-22(2)14-17(23)13-21-20-18-9-5-3-7-15(18)11-12-16-8-4-6-10-19(16)20/h3-10,17,20-21,23H,11-14H2,1-2H3. The summed E-state index contributed by atoms with van der Waals surface area (Å²) in [5.41, 5.74) is 5.50. The summed E-state index contributed by atoms with van der Waals surface area (Å²) in [7, 11) is 3.97. The van der Waals surface area contributed by atoms with Gasteiger partial charge >= 0.3 is 0 Å². The summed E-state index contributed by atoms with van der Waals surface area (Å²) in [6.45, 7) is 1.26. The SMILES string of the molecule is CN(C)CC(O)CNC1c2ccccc2CCc2ccccc21. The lowest BCUT2D eigenvalue weighted by Gasteiger charge is -2.24. The van der Waals surface area contributed by atoms with Crippen LogP contribution in [-0.4, -0.2) is 43.3 Å². The zero-order valence-electron chi connectivity index (χ0n) is 14.0. The zero-order valence-corrected chi connectivity index (χ0v) is 14.0. The molecule has 3 rings (SSSR count). The van der Waals surface area contributed by atoms with Gasteiger partial charge in [0.2, 0.25) is 0 Å². The van der Waals surface area contributed by atoms with Crippen LogP contribution in [0.3, 0.4) is 0 Å². The van der Waals surface area contributed by atoms with Crippen LogP contribution in [0.2, 0.25) is 0 Å². The molecule has 23 heavy (non-hydrogen) atoms. The van der Waals surface area contributed by atoms with Crippen molar-refractivity contribution in [2.24, 2.45) is 0 Å². The number of fused-ring (bicyclic) bond motifs is 2. The number of rotatable bonds is 5. The first-order chi connectivity index (χ1) is 11.1. The molecule has 0 heterocycles. The number of hydrogen-bond donors (Lipinski definition) is 2. The lowest BCUT2D eigenvalue weighted by Crippen LogP contribution is -2.37. The number of aryl methyl sites for hydroxylation is 2. The number of aliphatic hydroxyl groups excluding tert-OH is 1. The molecular formula is C20H26N2O. The van der Waals surface area contributed by atoms with E-state index in [0.717, 1.165) is 12.8 Å². The van der Waals surface area contributed by atoms with Crippen LogP contribution < -0.4 is 5.32 Å². The van der Waals surface area contributed by atoms with E-state index in [1.807, 2.05) is 19.0 Å². The topological polar surface area (TPSA) is 35.5 Å². The Hall–Kier alpha value is -1.68. The highest BCUT2D eigenvalue weighted by Gasteiger charge is 2.23. The third kappa shape index (κ3) is 3.81. The summed E-state index contributed by atoms with van der Waals surface area (Å²) in [6.07, 6.45) is 1.78. The molecule has 3 heteroatoms. The largest absolute Gasteiger partial charge is 0.390 e. The average Bonchev–Trinajstić information content (AvgIpc) is 2.69. The van der Waals surface area contributed by atoms with Gasteiger partial charge in [-0.15, -0.1) is 0 Å². The molecule has 0 radical (unpaired) electrons. The zero-order chi connectivity index (χ0) is 16.2. The number of hydrogen-bond acceptors (Lipinski definition) is 3. The Morgan fingerprint density at radius 1 is 1.00 bits per heavy atom. The second-order valence-corrected chi connectivity index (χ2v) is 6.65. The molecule has 1 aliphatic carbocycles. The first-order valence-electron chi connectivity index (χ1n) is 8.37. The second-order valence-electron chi connectivity index (χ2n) is 6.65. The minimum absolute atomic E-state index is 0.154. The molecule has 2 aromatic rings. The summed E-state index contributed by atoms with van der Waals surface area (Å²) < 4.78 is 0. The van der Waals surface area contributed by atoms with E-state index in [0.29, 0.717) is 13.1 Å². The molecule has 0 spiro atoms. The minimum atomic E-state index is -0.368. The minimum Gasteiger partial charge on any atom is -0.390 e. The number of nitrogens with zero attached hydrogens (tertiary/aromatic N) is 1. The quantitative estimate of drug-likeness (QED) is 0.890. The first-order valence-corrected chi connectivity index (χ1v) is 8.37. The van der Waals surface area contributed by atoms with Gasteiger partial charge in [-0.3, -0.25) is 0 Å². The molecule has 0 aliphatic heterocycles. The Morgan fingerprint density at radius 2 is 1.52 bits per heavy atom. The Labute approximate surface area is 139 Å². The van der Waals surface area contributed by atoms with Gasteiger partial charge in [-0.2, -0.15) is 0 Å². The van der Waals surface area contributed by atoms with Crippen LogP contribution in [0.25, 0.3) is 0 Å². The van der Waals surface area contributed by atoms with E-state index in [4.69, 9.17) is 0 Å². The fourth-order valence-electron chi connectivity index (χ4n) is 3.48. The molecule has 0 saturated carbocycles. The van der Waals surface area contributed by atoms with Crippen molar-refractivity contribution in [2.75, 3.05) is 27.2 Å². The van der Waals surface area contributed by atoms with E-state index in [-0.39, 0.29) is 12.1 Å². The highest BCUT2D eigenvalue weighted by atomic mass is 16.3. The highest BCUT2D eigenvalue weighted by Crippen LogP contribution is 2.32. The van der Waals surface area contributed by atoms with E-state index in [1.54, 1.807) is 0 Å². The van der Waals surface area contributed by atoms with Crippen molar-refractivity contribution in [1.29, 1.82) is 0 Å². The summed E-state index contributed by atoms with van der Waals surface area (Å²) in [4.78, 5) is 2.02. The summed E-state index contributed by atoms with van der Waals surface area (Å²) in [6, 6.07) is 17.5. The lowest BCUT2D eigenvalue weighted by atomic mass is 9.94. The third-order valence-corrected chi connectivity index (χ3v) is 4.53. The molecule has 3 nitrogen and oxygen atoms in total. The molecule has 0 bridgehead atoms. The number of aliphatic hydroxyl groups is 1. The summed E-state index contributed by atoms with van der Waals surface area (Å²) in [5, 5.41) is 13.8. The predicted molar refractivity (Wildman–Crippen MR) is 94.7 cm³/mol. The van der Waals surface area contributed by atoms with Gasteiger partial charge in [0.05, 0.1) is 12.1 Å². The van der Waals surface area contributed by atoms with Crippen molar-refractivity contribution in [3.8, 4) is 0 Å². The van der Waals surface area contributed by atoms with Gasteiger partial charge in [-0.05, 0) is 49.2 Å². The van der Waals surface area contributed by atoms with E-state index >= 15 is 0 Å². The van der Waals surface area contributed by atoms with Crippen molar-refractivity contribution in [3.05, 3.63) is 70.8 Å². The Balaban J connectivity index is 1.88. The van der Waals surface area contributed by atoms with Crippen LogP contribution in [0, 0.1) is 0 Å². The lowest BCUT2D eigenvalue weighted by molar-refractivity contribution is 0.133. The van der Waals surface area contributed by atoms with Crippen LogP contribution in [0.5, 0.6) is 0 Å². The molecular weight excluding hydrogens is 284 g/mol. The summed E-state index contributed by atoms with van der Waals surface area (Å²) in [5.74, 6) is 0. The van der Waals surface area contributed by atoms with E-state index in [2.05, 4.69) is 53.8 Å². The van der Waals surface area contributed by atoms with Crippen LogP contribution in [-0.2, 0) is 12.8 Å². The number of benzene rings is 2. The molecule has 1 unspecified atom stereocenters. The number of nitrogens with one attached hydrogen (secondary N) is 1. The Morgan fingerprint density at radius 3 is 2.04 bits per heavy atom. The molecule has 0 amide bonds. The summed E-state index contributed by atoms with van der Waals surface area (Å²) >= 11 is 0. The normalized spacial score (nSPS) is 15.8. The molecule has 2 N–H and O–H groups in total. The fourth-order valence-corrected chi connectivity index (χ4v) is 3.48. The van der Waals surface area contributed by atoms with Crippen molar-refractivity contribution in [3.63, 3.8) is 0 Å². The van der Waals surface area contributed by atoms with Gasteiger partial charge in [-0.1, -0.05) is 48.5 Å². The second kappa shape index (κ2) is 7.26. The van der Waals surface area contributed by atoms with Crippen LogP contribution in [0.4, 0.5) is 0 Å². The Kier molecular flexibility index (Phi) is 5.11. The fraction of sp³-hybridized carbons (Fsp3) is 0.400. The van der Waals surface area contributed by atoms with Gasteiger partial charge in [0, 0.05) is 13.1 Å². The van der Waals surface area contributed by atoms with E-state index < -0.39 is 0 Å². The van der Waals surface area contributed by atoms with Crippen LogP contribution in [0.1, 0.15) is 28.3 Å². The molecule has 1 atom stereocenters. The number of likely N-dealkylation sites (N-methyl/N-ethyl adjacent to an activating group) is 1. The highest BCUT2D eigenvalue weighted by molar-refractivity contribution is 5.44. The predicted octanol–water partition coefficient (Wildman–Crippen LogP) is 2.39. The maximum absolute atomic E-state index is 10.2. The average molecular weight is 310 g/mol. The van der Waals surface area contributed by atoms with Crippen molar-refractivity contribution in [1.82, 2.24) is 10.2 Å². The smallest absolute Gasteiger partial charge is 0.0791 e. The Bertz CT molecular complexity index is 606. The van der Waals surface area contributed by atoms with Crippen molar-refractivity contribution >= 4 is 0 Å². The molecule has 0 saturated heterocycles.